The van der Waals surface area contributed by atoms with Gasteiger partial charge in [0.1, 0.15) is 4.99 Å². The Morgan fingerprint density at radius 3 is 2.44 bits per heavy atom. The minimum absolute atomic E-state index is 0.415. The van der Waals surface area contributed by atoms with E-state index >= 15 is 0 Å². The highest BCUT2D eigenvalue weighted by atomic mass is 79.9. The molecule has 2 nitrogen and oxygen atoms in total. The van der Waals surface area contributed by atoms with Crippen molar-refractivity contribution in [3.8, 4) is 0 Å². The molecule has 4 heteroatoms. The molecule has 0 unspecified atom stereocenters. The van der Waals surface area contributed by atoms with Gasteiger partial charge in [0.15, 0.2) is 0 Å². The van der Waals surface area contributed by atoms with Crippen LogP contribution in [0.1, 0.15) is 11.1 Å². The van der Waals surface area contributed by atoms with Crippen LogP contribution in [0.25, 0.3) is 0 Å². The van der Waals surface area contributed by atoms with Gasteiger partial charge < -0.3 is 11.1 Å². The number of benzene rings is 2. The van der Waals surface area contributed by atoms with E-state index in [9.17, 15) is 0 Å². The first-order chi connectivity index (χ1) is 8.56. The van der Waals surface area contributed by atoms with Crippen LogP contribution in [0.4, 0.5) is 11.4 Å². The van der Waals surface area contributed by atoms with Gasteiger partial charge in [-0.25, -0.2) is 0 Å². The van der Waals surface area contributed by atoms with Gasteiger partial charge in [-0.1, -0.05) is 18.3 Å². The molecule has 0 aromatic heterocycles. The Balaban J connectivity index is 2.23. The van der Waals surface area contributed by atoms with Gasteiger partial charge in [0.05, 0.1) is 5.69 Å². The van der Waals surface area contributed by atoms with Crippen molar-refractivity contribution in [3.05, 3.63) is 58.1 Å². The first kappa shape index (κ1) is 13.1. The van der Waals surface area contributed by atoms with Crippen molar-refractivity contribution in [2.75, 3.05) is 5.32 Å². The third-order valence-corrected chi connectivity index (χ3v) is 3.50. The molecule has 0 fully saturated rings. The molecule has 3 N–H and O–H groups in total. The summed E-state index contributed by atoms with van der Waals surface area (Å²) in [5, 5.41) is 3.35. The normalized spacial score (nSPS) is 10.1. The number of nitrogens with two attached hydrogens (primary N) is 1. The first-order valence-electron chi connectivity index (χ1n) is 5.49. The average Bonchev–Trinajstić information content (AvgIpc) is 2.34. The van der Waals surface area contributed by atoms with Gasteiger partial charge in [0, 0.05) is 15.7 Å². The summed E-state index contributed by atoms with van der Waals surface area (Å²) >= 11 is 8.45. The zero-order chi connectivity index (χ0) is 13.1. The highest BCUT2D eigenvalue weighted by Gasteiger charge is 2.01. The number of hydrogen-bond acceptors (Lipinski definition) is 2. The van der Waals surface area contributed by atoms with Crippen molar-refractivity contribution in [1.82, 2.24) is 0 Å². The molecule has 0 aliphatic heterocycles. The summed E-state index contributed by atoms with van der Waals surface area (Å²) in [5.74, 6) is 0. The molecule has 0 heterocycles. The second-order valence-electron chi connectivity index (χ2n) is 4.05. The second kappa shape index (κ2) is 5.50. The zero-order valence-electron chi connectivity index (χ0n) is 9.91. The van der Waals surface area contributed by atoms with E-state index < -0.39 is 0 Å². The van der Waals surface area contributed by atoms with Crippen molar-refractivity contribution in [1.29, 1.82) is 0 Å². The minimum Gasteiger partial charge on any atom is -0.389 e. The van der Waals surface area contributed by atoms with Gasteiger partial charge >= 0.3 is 0 Å². The number of aryl methyl sites for hydroxylation is 1. The minimum atomic E-state index is 0.415. The predicted octanol–water partition coefficient (Wildman–Crippen LogP) is 4.14. The van der Waals surface area contributed by atoms with E-state index in [2.05, 4.69) is 40.3 Å². The van der Waals surface area contributed by atoms with Crippen LogP contribution in [0.5, 0.6) is 0 Å². The van der Waals surface area contributed by atoms with Crippen molar-refractivity contribution in [2.45, 2.75) is 6.92 Å². The largest absolute Gasteiger partial charge is 0.389 e. The molecule has 0 amide bonds. The highest BCUT2D eigenvalue weighted by Crippen LogP contribution is 2.26. The number of nitrogens with one attached hydrogen (secondary N) is 1. The zero-order valence-corrected chi connectivity index (χ0v) is 12.3. The molecule has 0 aliphatic carbocycles. The summed E-state index contributed by atoms with van der Waals surface area (Å²) in [6.07, 6.45) is 0. The van der Waals surface area contributed by atoms with Crippen molar-refractivity contribution in [3.63, 3.8) is 0 Å². The summed E-state index contributed by atoms with van der Waals surface area (Å²) < 4.78 is 1.03. The van der Waals surface area contributed by atoms with Gasteiger partial charge in [-0.3, -0.25) is 0 Å². The van der Waals surface area contributed by atoms with Crippen LogP contribution in [0.2, 0.25) is 0 Å². The van der Waals surface area contributed by atoms with Gasteiger partial charge in [-0.05, 0) is 64.8 Å². The van der Waals surface area contributed by atoms with E-state index in [-0.39, 0.29) is 0 Å². The van der Waals surface area contributed by atoms with E-state index in [1.54, 1.807) is 0 Å². The van der Waals surface area contributed by atoms with E-state index in [4.69, 9.17) is 18.0 Å². The maximum atomic E-state index is 5.56. The number of halogens is 1. The molecular formula is C14H13BrN2S. The SMILES string of the molecule is Cc1ccc(Br)c(Nc2ccc(C(N)=S)cc2)c1. The lowest BCUT2D eigenvalue weighted by atomic mass is 10.2. The van der Waals surface area contributed by atoms with E-state index in [1.165, 1.54) is 5.56 Å². The van der Waals surface area contributed by atoms with Crippen LogP contribution >= 0.6 is 28.1 Å². The molecule has 2 rings (SSSR count). The molecule has 92 valence electrons. The summed E-state index contributed by atoms with van der Waals surface area (Å²) in [6, 6.07) is 13.9. The third-order valence-electron chi connectivity index (χ3n) is 2.57. The smallest absolute Gasteiger partial charge is 0.103 e. The van der Waals surface area contributed by atoms with Gasteiger partial charge in [0.25, 0.3) is 0 Å². The summed E-state index contributed by atoms with van der Waals surface area (Å²) in [6.45, 7) is 2.06. The molecule has 0 bridgehead atoms. The molecule has 0 aliphatic rings. The van der Waals surface area contributed by atoms with E-state index in [0.717, 1.165) is 21.4 Å². The highest BCUT2D eigenvalue weighted by molar-refractivity contribution is 9.10. The Kier molecular flexibility index (Phi) is 3.99. The van der Waals surface area contributed by atoms with Gasteiger partial charge in [0.2, 0.25) is 0 Å². The Labute approximate surface area is 120 Å². The lowest BCUT2D eigenvalue weighted by Gasteiger charge is -2.10. The molecule has 18 heavy (non-hydrogen) atoms. The maximum absolute atomic E-state index is 5.56. The second-order valence-corrected chi connectivity index (χ2v) is 5.34. The Morgan fingerprint density at radius 1 is 1.17 bits per heavy atom. The summed E-state index contributed by atoms with van der Waals surface area (Å²) in [5.41, 5.74) is 9.69. The van der Waals surface area contributed by atoms with E-state index in [0.29, 0.717) is 4.99 Å². The van der Waals surface area contributed by atoms with Crippen LogP contribution < -0.4 is 11.1 Å². The average molecular weight is 321 g/mol. The lowest BCUT2D eigenvalue weighted by Crippen LogP contribution is -2.08. The fraction of sp³-hybridized carbons (Fsp3) is 0.0714. The number of thiocarbonyl (C=S) groups is 1. The monoisotopic (exact) mass is 320 g/mol. The number of rotatable bonds is 3. The van der Waals surface area contributed by atoms with Crippen molar-refractivity contribution in [2.24, 2.45) is 5.73 Å². The summed E-state index contributed by atoms with van der Waals surface area (Å²) in [7, 11) is 0. The van der Waals surface area contributed by atoms with Crippen molar-refractivity contribution >= 4 is 44.5 Å². The van der Waals surface area contributed by atoms with Crippen LogP contribution in [-0.4, -0.2) is 4.99 Å². The molecule has 0 spiro atoms. The lowest BCUT2D eigenvalue weighted by molar-refractivity contribution is 1.43. The number of anilines is 2. The molecule has 0 saturated heterocycles. The molecule has 0 atom stereocenters. The Hall–Kier alpha value is -1.39. The van der Waals surface area contributed by atoms with Crippen LogP contribution in [0, 0.1) is 6.92 Å². The Morgan fingerprint density at radius 2 is 1.83 bits per heavy atom. The fourth-order valence-electron chi connectivity index (χ4n) is 1.61. The predicted molar refractivity (Wildman–Crippen MR) is 84.5 cm³/mol. The topological polar surface area (TPSA) is 38.0 Å². The van der Waals surface area contributed by atoms with Gasteiger partial charge in [-0.15, -0.1) is 0 Å². The third kappa shape index (κ3) is 3.09. The molecule has 2 aromatic carbocycles. The standard InChI is InChI=1S/C14H13BrN2S/c1-9-2-7-12(15)13(8-9)17-11-5-3-10(4-6-11)14(16)18/h2-8,17H,1H3,(H2,16,18). The van der Waals surface area contributed by atoms with Crippen LogP contribution in [-0.2, 0) is 0 Å². The number of hydrogen-bond donors (Lipinski definition) is 2. The van der Waals surface area contributed by atoms with Crippen LogP contribution in [0.15, 0.2) is 46.9 Å². The fourth-order valence-corrected chi connectivity index (χ4v) is 2.09. The van der Waals surface area contributed by atoms with Crippen LogP contribution in [0.3, 0.4) is 0 Å². The summed E-state index contributed by atoms with van der Waals surface area (Å²) in [4.78, 5) is 0.415. The first-order valence-corrected chi connectivity index (χ1v) is 6.69. The van der Waals surface area contributed by atoms with E-state index in [1.807, 2.05) is 30.3 Å². The maximum Gasteiger partial charge on any atom is 0.103 e. The Bertz CT molecular complexity index is 579. The van der Waals surface area contributed by atoms with Crippen molar-refractivity contribution < 1.29 is 0 Å². The molecule has 0 saturated carbocycles. The molecular weight excluding hydrogens is 308 g/mol. The molecule has 0 radical (unpaired) electrons. The quantitative estimate of drug-likeness (QED) is 0.835. The molecule has 2 aromatic rings. The van der Waals surface area contributed by atoms with Gasteiger partial charge in [-0.2, -0.15) is 0 Å².